The van der Waals surface area contributed by atoms with Gasteiger partial charge in [-0.25, -0.2) is 9.78 Å². The average molecular weight is 410 g/mol. The number of carboxylic acids is 1. The number of halogens is 4. The summed E-state index contributed by atoms with van der Waals surface area (Å²) in [6.45, 7) is 0. The fourth-order valence-corrected chi connectivity index (χ4v) is 3.24. The van der Waals surface area contributed by atoms with Crippen molar-refractivity contribution < 1.29 is 23.1 Å². The van der Waals surface area contributed by atoms with E-state index in [9.17, 15) is 23.1 Å². The lowest BCUT2D eigenvalue weighted by Gasteiger charge is -2.15. The molecule has 0 aliphatic carbocycles. The molecule has 0 unspecified atom stereocenters. The first kappa shape index (κ1) is 17.4. The van der Waals surface area contributed by atoms with Crippen molar-refractivity contribution in [1.29, 1.82) is 0 Å². The third-order valence-corrected chi connectivity index (χ3v) is 4.37. The molecule has 0 saturated carbocycles. The number of aromatic nitrogens is 1. The van der Waals surface area contributed by atoms with E-state index in [0.717, 1.165) is 18.2 Å². The van der Waals surface area contributed by atoms with Gasteiger partial charge in [-0.2, -0.15) is 13.2 Å². The van der Waals surface area contributed by atoms with E-state index < -0.39 is 17.7 Å². The van der Waals surface area contributed by atoms with E-state index in [1.165, 1.54) is 0 Å². The monoisotopic (exact) mass is 409 g/mol. The SMILES string of the molecule is O=C(O)c1c(CBr)c(-c2ccccc2)nc2cc(C(F)(F)F)ccc12. The van der Waals surface area contributed by atoms with Crippen LogP contribution in [0.25, 0.3) is 22.2 Å². The van der Waals surface area contributed by atoms with Crippen molar-refractivity contribution in [3.05, 3.63) is 65.2 Å². The molecule has 3 rings (SSSR count). The molecule has 1 aromatic heterocycles. The summed E-state index contributed by atoms with van der Waals surface area (Å²) in [5.41, 5.74) is 0.492. The second-order valence-corrected chi connectivity index (χ2v) is 5.91. The predicted molar refractivity (Wildman–Crippen MR) is 91.8 cm³/mol. The van der Waals surface area contributed by atoms with E-state index in [4.69, 9.17) is 0 Å². The molecule has 3 nitrogen and oxygen atoms in total. The molecular formula is C18H11BrF3NO2. The van der Waals surface area contributed by atoms with Crippen molar-refractivity contribution in [3.8, 4) is 11.3 Å². The van der Waals surface area contributed by atoms with Crippen LogP contribution in [0.15, 0.2) is 48.5 Å². The lowest BCUT2D eigenvalue weighted by atomic mass is 9.97. The van der Waals surface area contributed by atoms with Gasteiger partial charge < -0.3 is 5.11 Å². The molecule has 0 amide bonds. The first-order valence-electron chi connectivity index (χ1n) is 7.21. The summed E-state index contributed by atoms with van der Waals surface area (Å²) in [5.74, 6) is -1.21. The Morgan fingerprint density at radius 3 is 2.36 bits per heavy atom. The average Bonchev–Trinajstić information content (AvgIpc) is 2.59. The van der Waals surface area contributed by atoms with Crippen LogP contribution in [0.2, 0.25) is 0 Å². The van der Waals surface area contributed by atoms with Crippen LogP contribution in [0.4, 0.5) is 13.2 Å². The number of aromatic carboxylic acids is 1. The zero-order valence-corrected chi connectivity index (χ0v) is 14.2. The van der Waals surface area contributed by atoms with Crippen LogP contribution in [0.1, 0.15) is 21.5 Å². The number of hydrogen-bond acceptors (Lipinski definition) is 2. The highest BCUT2D eigenvalue weighted by Crippen LogP contribution is 2.35. The number of carboxylic acid groups (broad SMARTS) is 1. The van der Waals surface area contributed by atoms with Gasteiger partial charge in [0.25, 0.3) is 0 Å². The van der Waals surface area contributed by atoms with Gasteiger partial charge in [0, 0.05) is 21.8 Å². The molecule has 1 N–H and O–H groups in total. The van der Waals surface area contributed by atoms with Crippen molar-refractivity contribution in [2.75, 3.05) is 0 Å². The van der Waals surface area contributed by atoms with Gasteiger partial charge in [-0.1, -0.05) is 52.3 Å². The molecule has 0 aliphatic heterocycles. The van der Waals surface area contributed by atoms with Crippen LogP contribution in [-0.2, 0) is 11.5 Å². The van der Waals surface area contributed by atoms with Crippen molar-refractivity contribution in [3.63, 3.8) is 0 Å². The highest BCUT2D eigenvalue weighted by Gasteiger charge is 2.31. The normalized spacial score (nSPS) is 11.7. The maximum atomic E-state index is 13.0. The summed E-state index contributed by atoms with van der Waals surface area (Å²) >= 11 is 3.27. The van der Waals surface area contributed by atoms with Gasteiger partial charge >= 0.3 is 12.1 Å². The Bertz CT molecular complexity index is 956. The minimum absolute atomic E-state index is 0.00391. The predicted octanol–water partition coefficient (Wildman–Crippen LogP) is 5.51. The van der Waals surface area contributed by atoms with Crippen LogP contribution in [0.3, 0.4) is 0 Å². The van der Waals surface area contributed by atoms with E-state index >= 15 is 0 Å². The molecule has 128 valence electrons. The number of nitrogens with zero attached hydrogens (tertiary/aromatic N) is 1. The Kier molecular flexibility index (Phi) is 4.51. The summed E-state index contributed by atoms with van der Waals surface area (Å²) in [6.07, 6.45) is -4.53. The Balaban J connectivity index is 2.41. The molecular weight excluding hydrogens is 399 g/mol. The van der Waals surface area contributed by atoms with Crippen molar-refractivity contribution in [2.45, 2.75) is 11.5 Å². The summed E-state index contributed by atoms with van der Waals surface area (Å²) < 4.78 is 39.0. The molecule has 0 radical (unpaired) electrons. The molecule has 0 bridgehead atoms. The molecule has 25 heavy (non-hydrogen) atoms. The van der Waals surface area contributed by atoms with Crippen LogP contribution in [0, 0.1) is 0 Å². The van der Waals surface area contributed by atoms with E-state index in [1.54, 1.807) is 30.3 Å². The minimum Gasteiger partial charge on any atom is -0.478 e. The first-order valence-corrected chi connectivity index (χ1v) is 8.33. The van der Waals surface area contributed by atoms with Crippen molar-refractivity contribution in [1.82, 2.24) is 4.98 Å². The molecule has 0 saturated heterocycles. The molecule has 7 heteroatoms. The number of benzene rings is 2. The zero-order valence-electron chi connectivity index (χ0n) is 12.6. The highest BCUT2D eigenvalue weighted by molar-refractivity contribution is 9.08. The maximum Gasteiger partial charge on any atom is 0.416 e. The number of carbonyl (C=O) groups is 1. The molecule has 3 aromatic rings. The van der Waals surface area contributed by atoms with Crippen LogP contribution in [-0.4, -0.2) is 16.1 Å². The van der Waals surface area contributed by atoms with Gasteiger partial charge in [0.15, 0.2) is 0 Å². The summed E-state index contributed by atoms with van der Waals surface area (Å²) in [7, 11) is 0. The van der Waals surface area contributed by atoms with Gasteiger partial charge in [-0.3, -0.25) is 0 Å². The topological polar surface area (TPSA) is 50.2 Å². The first-order chi connectivity index (χ1) is 11.8. The molecule has 2 aromatic carbocycles. The van der Waals surface area contributed by atoms with Gasteiger partial charge in [0.2, 0.25) is 0 Å². The van der Waals surface area contributed by atoms with E-state index in [0.29, 0.717) is 16.8 Å². The van der Waals surface area contributed by atoms with Gasteiger partial charge in [0.1, 0.15) is 0 Å². The van der Waals surface area contributed by atoms with Crippen molar-refractivity contribution >= 4 is 32.8 Å². The standard InChI is InChI=1S/C18H11BrF3NO2/c19-9-13-15(17(24)25)12-7-6-11(18(20,21)22)8-14(12)23-16(13)10-4-2-1-3-5-10/h1-8H,9H2,(H,24,25). The number of hydrogen-bond donors (Lipinski definition) is 1. The quantitative estimate of drug-likeness (QED) is 0.579. The largest absolute Gasteiger partial charge is 0.478 e. The fraction of sp³-hybridized carbons (Fsp3) is 0.111. The van der Waals surface area contributed by atoms with E-state index in [1.807, 2.05) is 0 Å². The second-order valence-electron chi connectivity index (χ2n) is 5.35. The highest BCUT2D eigenvalue weighted by atomic mass is 79.9. The minimum atomic E-state index is -4.53. The molecule has 0 atom stereocenters. The van der Waals surface area contributed by atoms with E-state index in [-0.39, 0.29) is 21.8 Å². The van der Waals surface area contributed by atoms with Crippen LogP contribution in [0.5, 0.6) is 0 Å². The van der Waals surface area contributed by atoms with E-state index in [2.05, 4.69) is 20.9 Å². The van der Waals surface area contributed by atoms with Gasteiger partial charge in [0.05, 0.1) is 22.3 Å². The number of alkyl halides is 4. The fourth-order valence-electron chi connectivity index (χ4n) is 2.69. The molecule has 0 aliphatic rings. The molecule has 0 spiro atoms. The number of pyridine rings is 1. The van der Waals surface area contributed by atoms with Crippen LogP contribution < -0.4 is 0 Å². The lowest BCUT2D eigenvalue weighted by Crippen LogP contribution is -2.09. The Morgan fingerprint density at radius 2 is 1.80 bits per heavy atom. The second kappa shape index (κ2) is 6.48. The van der Waals surface area contributed by atoms with Gasteiger partial charge in [-0.05, 0) is 12.1 Å². The maximum absolute atomic E-state index is 13.0. The Hall–Kier alpha value is -2.41. The third kappa shape index (κ3) is 3.24. The summed E-state index contributed by atoms with van der Waals surface area (Å²) in [6, 6.07) is 11.7. The van der Waals surface area contributed by atoms with Crippen LogP contribution >= 0.6 is 15.9 Å². The number of rotatable bonds is 3. The van der Waals surface area contributed by atoms with Crippen molar-refractivity contribution in [2.24, 2.45) is 0 Å². The third-order valence-electron chi connectivity index (χ3n) is 3.81. The zero-order chi connectivity index (χ0) is 18.2. The van der Waals surface area contributed by atoms with Gasteiger partial charge in [-0.15, -0.1) is 0 Å². The molecule has 1 heterocycles. The number of fused-ring (bicyclic) bond motifs is 1. The Morgan fingerprint density at radius 1 is 1.12 bits per heavy atom. The molecule has 0 fully saturated rings. The summed E-state index contributed by atoms with van der Waals surface area (Å²) in [4.78, 5) is 16.1. The smallest absolute Gasteiger partial charge is 0.416 e. The summed E-state index contributed by atoms with van der Waals surface area (Å²) in [5, 5.41) is 10.0. The lowest BCUT2D eigenvalue weighted by molar-refractivity contribution is -0.137. The Labute approximate surface area is 149 Å².